The smallest absolute Gasteiger partial charge is 0.229 e. The third-order valence-corrected chi connectivity index (χ3v) is 6.93. The molecule has 1 saturated heterocycles. The molecule has 1 N–H and O–H groups in total. The quantitative estimate of drug-likeness (QED) is 0.796. The van der Waals surface area contributed by atoms with Crippen molar-refractivity contribution in [3.8, 4) is 0 Å². The van der Waals surface area contributed by atoms with Gasteiger partial charge < -0.3 is 5.32 Å². The van der Waals surface area contributed by atoms with Crippen molar-refractivity contribution in [2.75, 3.05) is 0 Å². The van der Waals surface area contributed by atoms with Crippen LogP contribution in [0.1, 0.15) is 77.0 Å². The number of nitrogens with one attached hydrogen (secondary N) is 1. The first-order valence-corrected chi connectivity index (χ1v) is 10.3. The molecule has 4 rings (SSSR count). The molecule has 138 valence electrons. The van der Waals surface area contributed by atoms with Crippen LogP contribution in [0.5, 0.6) is 0 Å². The topological polar surface area (TPSA) is 66.5 Å². The Balaban J connectivity index is 1.22. The van der Waals surface area contributed by atoms with Gasteiger partial charge in [0.2, 0.25) is 17.7 Å². The molecule has 1 heterocycles. The molecular formula is C20H30N2O3. The standard InChI is InChI=1S/C20H30N2O3/c23-18-10-11-19(24)22(18)15-8-6-14(7-9-15)21-20(25)17-12-16(17)13-4-2-1-3-5-13/h13-17H,1-12H2,(H,21,25)/t14?,15?,16-,17-/m1/s1. The minimum atomic E-state index is -0.00853. The number of hydrogen-bond acceptors (Lipinski definition) is 3. The third-order valence-electron chi connectivity index (χ3n) is 6.93. The number of hydrogen-bond donors (Lipinski definition) is 1. The second kappa shape index (κ2) is 7.08. The van der Waals surface area contributed by atoms with Crippen molar-refractivity contribution in [2.45, 2.75) is 89.1 Å². The number of rotatable bonds is 4. The van der Waals surface area contributed by atoms with E-state index in [1.807, 2.05) is 0 Å². The van der Waals surface area contributed by atoms with Gasteiger partial charge in [0, 0.05) is 30.8 Å². The number of likely N-dealkylation sites (tertiary alicyclic amines) is 1. The van der Waals surface area contributed by atoms with Crippen molar-refractivity contribution >= 4 is 17.7 Å². The fraction of sp³-hybridized carbons (Fsp3) is 0.850. The molecule has 3 aliphatic carbocycles. The summed E-state index contributed by atoms with van der Waals surface area (Å²) < 4.78 is 0. The van der Waals surface area contributed by atoms with Crippen molar-refractivity contribution in [2.24, 2.45) is 17.8 Å². The molecule has 0 unspecified atom stereocenters. The van der Waals surface area contributed by atoms with Crippen LogP contribution in [0.4, 0.5) is 0 Å². The van der Waals surface area contributed by atoms with Gasteiger partial charge in [-0.1, -0.05) is 32.1 Å². The lowest BCUT2D eigenvalue weighted by atomic mass is 9.85. The molecule has 5 nitrogen and oxygen atoms in total. The fourth-order valence-electron chi connectivity index (χ4n) is 5.39. The molecule has 4 aliphatic rings. The van der Waals surface area contributed by atoms with Crippen LogP contribution < -0.4 is 5.32 Å². The maximum atomic E-state index is 12.5. The van der Waals surface area contributed by atoms with Crippen molar-refractivity contribution in [1.29, 1.82) is 0 Å². The molecule has 0 bridgehead atoms. The number of carbonyl (C=O) groups excluding carboxylic acids is 3. The molecule has 0 aromatic rings. The number of imide groups is 1. The maximum absolute atomic E-state index is 12.5. The summed E-state index contributed by atoms with van der Waals surface area (Å²) in [6.45, 7) is 0. The number of nitrogens with zero attached hydrogens (tertiary/aromatic N) is 1. The summed E-state index contributed by atoms with van der Waals surface area (Å²) in [7, 11) is 0. The van der Waals surface area contributed by atoms with Gasteiger partial charge in [0.05, 0.1) is 0 Å². The van der Waals surface area contributed by atoms with Crippen LogP contribution in [0.2, 0.25) is 0 Å². The minimum absolute atomic E-state index is 0.00853. The molecule has 25 heavy (non-hydrogen) atoms. The zero-order valence-electron chi connectivity index (χ0n) is 15.0. The highest BCUT2D eigenvalue weighted by molar-refractivity contribution is 6.02. The van der Waals surface area contributed by atoms with Crippen LogP contribution in [0.3, 0.4) is 0 Å². The SMILES string of the molecule is O=C(NC1CCC(N2C(=O)CCC2=O)CC1)[C@@H]1C[C@@H]1C1CCCCC1. The van der Waals surface area contributed by atoms with Crippen LogP contribution in [-0.4, -0.2) is 34.7 Å². The first kappa shape index (κ1) is 17.0. The van der Waals surface area contributed by atoms with Crippen molar-refractivity contribution in [3.05, 3.63) is 0 Å². The molecule has 5 heteroatoms. The van der Waals surface area contributed by atoms with E-state index in [1.54, 1.807) is 0 Å². The van der Waals surface area contributed by atoms with Crippen LogP contribution in [0.15, 0.2) is 0 Å². The summed E-state index contributed by atoms with van der Waals surface area (Å²) in [5, 5.41) is 3.26. The summed E-state index contributed by atoms with van der Waals surface area (Å²) in [5.41, 5.74) is 0. The summed E-state index contributed by atoms with van der Waals surface area (Å²) >= 11 is 0. The van der Waals surface area contributed by atoms with E-state index < -0.39 is 0 Å². The second-order valence-electron chi connectivity index (χ2n) is 8.58. The number of carbonyl (C=O) groups is 3. The first-order valence-electron chi connectivity index (χ1n) is 10.3. The predicted octanol–water partition coefficient (Wildman–Crippen LogP) is 2.78. The van der Waals surface area contributed by atoms with Crippen LogP contribution in [-0.2, 0) is 14.4 Å². The van der Waals surface area contributed by atoms with Crippen molar-refractivity contribution < 1.29 is 14.4 Å². The molecule has 0 aromatic heterocycles. The van der Waals surface area contributed by atoms with Gasteiger partial charge in [-0.05, 0) is 43.9 Å². The van der Waals surface area contributed by atoms with Crippen LogP contribution >= 0.6 is 0 Å². The fourth-order valence-corrected chi connectivity index (χ4v) is 5.39. The molecule has 1 aliphatic heterocycles. The van der Waals surface area contributed by atoms with E-state index in [1.165, 1.54) is 37.0 Å². The highest BCUT2D eigenvalue weighted by atomic mass is 16.2. The molecule has 3 amide bonds. The molecule has 0 radical (unpaired) electrons. The molecular weight excluding hydrogens is 316 g/mol. The summed E-state index contributed by atoms with van der Waals surface area (Å²) in [6, 6.07) is 0.288. The lowest BCUT2D eigenvalue weighted by Crippen LogP contribution is -2.46. The van der Waals surface area contributed by atoms with Gasteiger partial charge in [-0.3, -0.25) is 19.3 Å². The van der Waals surface area contributed by atoms with E-state index in [-0.39, 0.29) is 35.7 Å². The predicted molar refractivity (Wildman–Crippen MR) is 93.4 cm³/mol. The third kappa shape index (κ3) is 3.61. The molecule has 3 saturated carbocycles. The maximum Gasteiger partial charge on any atom is 0.229 e. The normalized spacial score (nSPS) is 36.6. The zero-order valence-corrected chi connectivity index (χ0v) is 15.0. The van der Waals surface area contributed by atoms with E-state index in [0.717, 1.165) is 38.0 Å². The Morgan fingerprint density at radius 2 is 1.52 bits per heavy atom. The number of amides is 3. The highest BCUT2D eigenvalue weighted by Crippen LogP contribution is 2.49. The Labute approximate surface area is 149 Å². The van der Waals surface area contributed by atoms with Gasteiger partial charge in [0.1, 0.15) is 0 Å². The van der Waals surface area contributed by atoms with Crippen molar-refractivity contribution in [3.63, 3.8) is 0 Å². The summed E-state index contributed by atoms with van der Waals surface area (Å²) in [6.07, 6.45) is 11.9. The molecule has 0 aromatic carbocycles. The van der Waals surface area contributed by atoms with Gasteiger partial charge >= 0.3 is 0 Å². The van der Waals surface area contributed by atoms with E-state index in [9.17, 15) is 14.4 Å². The van der Waals surface area contributed by atoms with E-state index in [2.05, 4.69) is 5.32 Å². The molecule has 2 atom stereocenters. The zero-order chi connectivity index (χ0) is 17.4. The molecule has 4 fully saturated rings. The minimum Gasteiger partial charge on any atom is -0.353 e. The summed E-state index contributed by atoms with van der Waals surface area (Å²) in [4.78, 5) is 37.8. The van der Waals surface area contributed by atoms with Crippen molar-refractivity contribution in [1.82, 2.24) is 10.2 Å². The van der Waals surface area contributed by atoms with E-state index >= 15 is 0 Å². The largest absolute Gasteiger partial charge is 0.353 e. The van der Waals surface area contributed by atoms with E-state index in [0.29, 0.717) is 18.8 Å². The van der Waals surface area contributed by atoms with E-state index in [4.69, 9.17) is 0 Å². The molecule has 0 spiro atoms. The lowest BCUT2D eigenvalue weighted by Gasteiger charge is -2.33. The van der Waals surface area contributed by atoms with Gasteiger partial charge in [-0.15, -0.1) is 0 Å². The first-order chi connectivity index (χ1) is 12.1. The highest BCUT2D eigenvalue weighted by Gasteiger charge is 2.48. The Bertz CT molecular complexity index is 531. The summed E-state index contributed by atoms with van der Waals surface area (Å²) in [5.74, 6) is 1.91. The van der Waals surface area contributed by atoms with Gasteiger partial charge in [-0.25, -0.2) is 0 Å². The second-order valence-corrected chi connectivity index (χ2v) is 8.58. The monoisotopic (exact) mass is 346 g/mol. The van der Waals surface area contributed by atoms with Crippen LogP contribution in [0, 0.1) is 17.8 Å². The Morgan fingerprint density at radius 1 is 0.880 bits per heavy atom. The Hall–Kier alpha value is -1.39. The Morgan fingerprint density at radius 3 is 2.16 bits per heavy atom. The average molecular weight is 346 g/mol. The van der Waals surface area contributed by atoms with Gasteiger partial charge in [-0.2, -0.15) is 0 Å². The van der Waals surface area contributed by atoms with Crippen LogP contribution in [0.25, 0.3) is 0 Å². The van der Waals surface area contributed by atoms with Gasteiger partial charge in [0.15, 0.2) is 0 Å². The van der Waals surface area contributed by atoms with Gasteiger partial charge in [0.25, 0.3) is 0 Å². The lowest BCUT2D eigenvalue weighted by molar-refractivity contribution is -0.142. The Kier molecular flexibility index (Phi) is 4.83. The average Bonchev–Trinajstić information content (AvgIpc) is 3.37.